The Morgan fingerprint density at radius 2 is 1.80 bits per heavy atom. The standard InChI is InChI=1S/C15H14BrN3O/c1-15(2,3)14-18-12(16)8-13(19-14)20-11-6-4-10(9-17)5-7-11/h4-8H,1-3H3. The summed E-state index contributed by atoms with van der Waals surface area (Å²) in [6.45, 7) is 6.13. The summed E-state index contributed by atoms with van der Waals surface area (Å²) < 4.78 is 6.39. The summed E-state index contributed by atoms with van der Waals surface area (Å²) in [5.74, 6) is 1.81. The van der Waals surface area contributed by atoms with Gasteiger partial charge in [-0.25, -0.2) is 4.98 Å². The quantitative estimate of drug-likeness (QED) is 0.773. The average molecular weight is 332 g/mol. The molecular formula is C15H14BrN3O. The van der Waals surface area contributed by atoms with Crippen LogP contribution in [0.2, 0.25) is 0 Å². The van der Waals surface area contributed by atoms with Crippen molar-refractivity contribution in [1.29, 1.82) is 5.26 Å². The van der Waals surface area contributed by atoms with E-state index in [0.29, 0.717) is 27.6 Å². The zero-order valence-electron chi connectivity index (χ0n) is 11.5. The van der Waals surface area contributed by atoms with Gasteiger partial charge in [0.25, 0.3) is 0 Å². The van der Waals surface area contributed by atoms with Gasteiger partial charge >= 0.3 is 0 Å². The van der Waals surface area contributed by atoms with Crippen LogP contribution in [-0.4, -0.2) is 9.97 Å². The third-order valence-electron chi connectivity index (χ3n) is 2.55. The molecule has 2 rings (SSSR count). The van der Waals surface area contributed by atoms with E-state index in [0.717, 1.165) is 0 Å². The number of rotatable bonds is 2. The summed E-state index contributed by atoms with van der Waals surface area (Å²) in [5.41, 5.74) is 0.434. The van der Waals surface area contributed by atoms with Gasteiger partial charge in [-0.3, -0.25) is 0 Å². The number of hydrogen-bond acceptors (Lipinski definition) is 4. The smallest absolute Gasteiger partial charge is 0.223 e. The summed E-state index contributed by atoms with van der Waals surface area (Å²) in [6, 6.07) is 10.7. The molecule has 0 aliphatic carbocycles. The molecule has 0 amide bonds. The van der Waals surface area contributed by atoms with Gasteiger partial charge in [-0.05, 0) is 40.2 Å². The molecule has 20 heavy (non-hydrogen) atoms. The van der Waals surface area contributed by atoms with E-state index in [4.69, 9.17) is 10.00 Å². The van der Waals surface area contributed by atoms with Gasteiger partial charge in [0.1, 0.15) is 16.2 Å². The summed E-state index contributed by atoms with van der Waals surface area (Å²) in [6.07, 6.45) is 0. The first-order valence-corrected chi connectivity index (χ1v) is 6.91. The zero-order chi connectivity index (χ0) is 14.8. The summed E-state index contributed by atoms with van der Waals surface area (Å²) in [5, 5.41) is 8.76. The van der Waals surface area contributed by atoms with Crippen molar-refractivity contribution in [3.8, 4) is 17.7 Å². The Morgan fingerprint density at radius 3 is 2.35 bits per heavy atom. The molecule has 0 saturated carbocycles. The van der Waals surface area contributed by atoms with Crippen LogP contribution in [0.1, 0.15) is 32.2 Å². The molecule has 0 spiro atoms. The fourth-order valence-corrected chi connectivity index (χ4v) is 1.87. The number of ether oxygens (including phenoxy) is 1. The first-order valence-electron chi connectivity index (χ1n) is 6.11. The second kappa shape index (κ2) is 5.59. The van der Waals surface area contributed by atoms with Crippen LogP contribution in [0.4, 0.5) is 0 Å². The van der Waals surface area contributed by atoms with E-state index < -0.39 is 0 Å². The van der Waals surface area contributed by atoms with Crippen molar-refractivity contribution in [1.82, 2.24) is 9.97 Å². The third-order valence-corrected chi connectivity index (χ3v) is 2.95. The molecule has 0 unspecified atom stereocenters. The number of nitriles is 1. The van der Waals surface area contributed by atoms with E-state index in [2.05, 4.69) is 32.0 Å². The fourth-order valence-electron chi connectivity index (χ4n) is 1.50. The van der Waals surface area contributed by atoms with E-state index in [9.17, 15) is 0 Å². The Kier molecular flexibility index (Phi) is 4.05. The van der Waals surface area contributed by atoms with Gasteiger partial charge in [0.05, 0.1) is 11.6 Å². The molecule has 4 nitrogen and oxygen atoms in total. The molecule has 1 aromatic heterocycles. The molecule has 0 bridgehead atoms. The van der Waals surface area contributed by atoms with Crippen LogP contribution in [0.15, 0.2) is 34.9 Å². The van der Waals surface area contributed by atoms with Crippen molar-refractivity contribution >= 4 is 15.9 Å². The van der Waals surface area contributed by atoms with Gasteiger partial charge in [0.15, 0.2) is 0 Å². The number of hydrogen-bond donors (Lipinski definition) is 0. The second-order valence-electron chi connectivity index (χ2n) is 5.34. The molecule has 0 fully saturated rings. The maximum atomic E-state index is 8.76. The van der Waals surface area contributed by atoms with E-state index in [1.165, 1.54) is 0 Å². The highest BCUT2D eigenvalue weighted by molar-refractivity contribution is 9.10. The van der Waals surface area contributed by atoms with Crippen LogP contribution in [0.3, 0.4) is 0 Å². The van der Waals surface area contributed by atoms with Gasteiger partial charge in [-0.2, -0.15) is 10.2 Å². The highest BCUT2D eigenvalue weighted by Gasteiger charge is 2.19. The predicted octanol–water partition coefficient (Wildman–Crippen LogP) is 4.20. The third kappa shape index (κ3) is 3.55. The lowest BCUT2D eigenvalue weighted by molar-refractivity contribution is 0.444. The Hall–Kier alpha value is -1.93. The molecule has 0 radical (unpaired) electrons. The molecule has 2 aromatic rings. The SMILES string of the molecule is CC(C)(C)c1nc(Br)cc(Oc2ccc(C#N)cc2)n1. The minimum Gasteiger partial charge on any atom is -0.439 e. The average Bonchev–Trinajstić information content (AvgIpc) is 2.38. The molecule has 0 atom stereocenters. The van der Waals surface area contributed by atoms with Crippen molar-refractivity contribution in [2.75, 3.05) is 0 Å². The Bertz CT molecular complexity index is 654. The molecule has 1 aromatic carbocycles. The van der Waals surface area contributed by atoms with Gasteiger partial charge in [0.2, 0.25) is 5.88 Å². The van der Waals surface area contributed by atoms with Crippen LogP contribution in [0.5, 0.6) is 11.6 Å². The normalized spacial score (nSPS) is 10.9. The molecule has 0 aliphatic heterocycles. The minimum atomic E-state index is -0.160. The van der Waals surface area contributed by atoms with Crippen LogP contribution in [0, 0.1) is 11.3 Å². The van der Waals surface area contributed by atoms with Gasteiger partial charge in [-0.1, -0.05) is 20.8 Å². The predicted molar refractivity (Wildman–Crippen MR) is 79.7 cm³/mol. The van der Waals surface area contributed by atoms with E-state index in [-0.39, 0.29) is 5.41 Å². The molecule has 0 N–H and O–H groups in total. The molecule has 5 heteroatoms. The van der Waals surface area contributed by atoms with Crippen LogP contribution >= 0.6 is 15.9 Å². The van der Waals surface area contributed by atoms with Gasteiger partial charge < -0.3 is 4.74 Å². The molecule has 1 heterocycles. The summed E-state index contributed by atoms with van der Waals surface area (Å²) >= 11 is 3.37. The zero-order valence-corrected chi connectivity index (χ0v) is 13.1. The van der Waals surface area contributed by atoms with Crippen molar-refractivity contribution in [2.45, 2.75) is 26.2 Å². The van der Waals surface area contributed by atoms with Crippen molar-refractivity contribution in [2.24, 2.45) is 0 Å². The first kappa shape index (κ1) is 14.5. The maximum absolute atomic E-state index is 8.76. The van der Waals surface area contributed by atoms with Crippen LogP contribution in [0.25, 0.3) is 0 Å². The van der Waals surface area contributed by atoms with Gasteiger partial charge in [-0.15, -0.1) is 0 Å². The number of halogens is 1. The lowest BCUT2D eigenvalue weighted by Crippen LogP contribution is -2.16. The number of nitrogens with zero attached hydrogens (tertiary/aromatic N) is 3. The molecule has 0 saturated heterocycles. The fraction of sp³-hybridized carbons (Fsp3) is 0.267. The van der Waals surface area contributed by atoms with E-state index in [1.54, 1.807) is 30.3 Å². The second-order valence-corrected chi connectivity index (χ2v) is 6.15. The van der Waals surface area contributed by atoms with Crippen LogP contribution < -0.4 is 4.74 Å². The number of benzene rings is 1. The monoisotopic (exact) mass is 331 g/mol. The van der Waals surface area contributed by atoms with E-state index >= 15 is 0 Å². The van der Waals surface area contributed by atoms with Crippen LogP contribution in [-0.2, 0) is 5.41 Å². The Balaban J connectivity index is 2.29. The summed E-state index contributed by atoms with van der Waals surface area (Å²) in [4.78, 5) is 8.77. The number of aromatic nitrogens is 2. The highest BCUT2D eigenvalue weighted by Crippen LogP contribution is 2.26. The summed E-state index contributed by atoms with van der Waals surface area (Å²) in [7, 11) is 0. The van der Waals surface area contributed by atoms with Crippen molar-refractivity contribution < 1.29 is 4.74 Å². The topological polar surface area (TPSA) is 58.8 Å². The largest absolute Gasteiger partial charge is 0.439 e. The van der Waals surface area contributed by atoms with E-state index in [1.807, 2.05) is 20.8 Å². The minimum absolute atomic E-state index is 0.160. The molecule has 102 valence electrons. The lowest BCUT2D eigenvalue weighted by Gasteiger charge is -2.17. The van der Waals surface area contributed by atoms with Crippen molar-refractivity contribution in [3.63, 3.8) is 0 Å². The maximum Gasteiger partial charge on any atom is 0.223 e. The van der Waals surface area contributed by atoms with Gasteiger partial charge in [0, 0.05) is 11.5 Å². The first-order chi connectivity index (χ1) is 9.38. The Morgan fingerprint density at radius 1 is 1.15 bits per heavy atom. The lowest BCUT2D eigenvalue weighted by atomic mass is 9.96. The van der Waals surface area contributed by atoms with Crippen molar-refractivity contribution in [3.05, 3.63) is 46.3 Å². The molecule has 0 aliphatic rings. The molecular weight excluding hydrogens is 318 g/mol. The highest BCUT2D eigenvalue weighted by atomic mass is 79.9. The Labute approximate surface area is 126 Å².